The lowest BCUT2D eigenvalue weighted by Crippen LogP contribution is -2.09. The predicted octanol–water partition coefficient (Wildman–Crippen LogP) is 6.36. The van der Waals surface area contributed by atoms with Crippen molar-refractivity contribution in [2.24, 2.45) is 0 Å². The van der Waals surface area contributed by atoms with Crippen molar-refractivity contribution in [2.45, 2.75) is 19.1 Å². The van der Waals surface area contributed by atoms with E-state index in [9.17, 15) is 13.2 Å². The molecular formula is C13H10BrClF3NS. The van der Waals surface area contributed by atoms with Gasteiger partial charge in [-0.05, 0) is 42.1 Å². The highest BCUT2D eigenvalue weighted by Crippen LogP contribution is 2.34. The first kappa shape index (κ1) is 15.7. The topological polar surface area (TPSA) is 12.0 Å². The molecular weight excluding hydrogens is 375 g/mol. The molecule has 0 aliphatic rings. The molecule has 1 aromatic heterocycles. The van der Waals surface area contributed by atoms with Crippen LogP contribution in [0, 0.1) is 0 Å². The second-order valence-electron chi connectivity index (χ2n) is 4.28. The Balaban J connectivity index is 2.23. The van der Waals surface area contributed by atoms with Gasteiger partial charge in [0.1, 0.15) is 0 Å². The van der Waals surface area contributed by atoms with Crippen LogP contribution >= 0.6 is 38.9 Å². The summed E-state index contributed by atoms with van der Waals surface area (Å²) in [6.07, 6.45) is -4.37. The minimum atomic E-state index is -4.37. The minimum Gasteiger partial charge on any atom is -0.378 e. The van der Waals surface area contributed by atoms with Crippen molar-refractivity contribution < 1.29 is 13.2 Å². The fourth-order valence-electron chi connectivity index (χ4n) is 1.72. The van der Waals surface area contributed by atoms with Gasteiger partial charge >= 0.3 is 6.18 Å². The van der Waals surface area contributed by atoms with Gasteiger partial charge in [-0.25, -0.2) is 0 Å². The maximum atomic E-state index is 12.7. The van der Waals surface area contributed by atoms with Gasteiger partial charge in [-0.2, -0.15) is 13.2 Å². The molecule has 0 saturated heterocycles. The summed E-state index contributed by atoms with van der Waals surface area (Å²) in [4.78, 5) is 0. The molecule has 0 spiro atoms. The minimum absolute atomic E-state index is 0.130. The molecule has 0 bridgehead atoms. The van der Waals surface area contributed by atoms with Crippen molar-refractivity contribution in [2.75, 3.05) is 5.32 Å². The summed E-state index contributed by atoms with van der Waals surface area (Å²) >= 11 is 10.3. The maximum Gasteiger partial charge on any atom is 0.416 e. The van der Waals surface area contributed by atoms with Crippen molar-refractivity contribution in [3.63, 3.8) is 0 Å². The van der Waals surface area contributed by atoms with Crippen LogP contribution in [0.15, 0.2) is 34.1 Å². The molecule has 1 aromatic carbocycles. The largest absolute Gasteiger partial charge is 0.416 e. The van der Waals surface area contributed by atoms with Crippen LogP contribution in [0.5, 0.6) is 0 Å². The van der Waals surface area contributed by atoms with E-state index >= 15 is 0 Å². The lowest BCUT2D eigenvalue weighted by atomic mass is 10.1. The molecule has 1 nitrogen and oxygen atoms in total. The molecule has 0 fully saturated rings. The van der Waals surface area contributed by atoms with Gasteiger partial charge in [0.25, 0.3) is 0 Å². The average molecular weight is 385 g/mol. The van der Waals surface area contributed by atoms with Gasteiger partial charge in [-0.1, -0.05) is 27.5 Å². The summed E-state index contributed by atoms with van der Waals surface area (Å²) in [5.74, 6) is 0. The van der Waals surface area contributed by atoms with Crippen LogP contribution < -0.4 is 5.32 Å². The van der Waals surface area contributed by atoms with Crippen molar-refractivity contribution in [1.29, 1.82) is 0 Å². The molecule has 1 atom stereocenters. The molecule has 1 heterocycles. The lowest BCUT2D eigenvalue weighted by molar-refractivity contribution is -0.137. The highest BCUT2D eigenvalue weighted by Gasteiger charge is 2.31. The zero-order valence-corrected chi connectivity index (χ0v) is 13.4. The van der Waals surface area contributed by atoms with Gasteiger partial charge in [0.15, 0.2) is 0 Å². The normalized spacial score (nSPS) is 13.3. The van der Waals surface area contributed by atoms with E-state index in [-0.39, 0.29) is 6.04 Å². The monoisotopic (exact) mass is 383 g/mol. The number of thiophene rings is 1. The first-order chi connectivity index (χ1) is 9.25. The van der Waals surface area contributed by atoms with Crippen LogP contribution in [0.2, 0.25) is 4.34 Å². The number of hydrogen-bond acceptors (Lipinski definition) is 2. The Kier molecular flexibility index (Phi) is 4.66. The van der Waals surface area contributed by atoms with E-state index in [4.69, 9.17) is 11.6 Å². The van der Waals surface area contributed by atoms with Crippen molar-refractivity contribution >= 4 is 44.6 Å². The molecule has 2 rings (SSSR count). The Morgan fingerprint density at radius 2 is 1.95 bits per heavy atom. The van der Waals surface area contributed by atoms with Crippen LogP contribution in [-0.2, 0) is 6.18 Å². The van der Waals surface area contributed by atoms with Crippen LogP contribution in [0.25, 0.3) is 0 Å². The van der Waals surface area contributed by atoms with Gasteiger partial charge in [-0.3, -0.25) is 0 Å². The smallest absolute Gasteiger partial charge is 0.378 e. The summed E-state index contributed by atoms with van der Waals surface area (Å²) in [6.45, 7) is 1.87. The van der Waals surface area contributed by atoms with Crippen molar-refractivity contribution in [1.82, 2.24) is 0 Å². The molecule has 0 aliphatic heterocycles. The van der Waals surface area contributed by atoms with Gasteiger partial charge in [0.2, 0.25) is 0 Å². The zero-order valence-electron chi connectivity index (χ0n) is 10.3. The summed E-state index contributed by atoms with van der Waals surface area (Å²) in [5, 5.41) is 4.92. The lowest BCUT2D eigenvalue weighted by Gasteiger charge is -2.16. The van der Waals surface area contributed by atoms with Crippen molar-refractivity contribution in [3.05, 3.63) is 49.6 Å². The molecule has 0 radical (unpaired) electrons. The summed E-state index contributed by atoms with van der Waals surface area (Å²) in [5.41, 5.74) is 0.653. The number of hydrogen-bond donors (Lipinski definition) is 1. The first-order valence-electron chi connectivity index (χ1n) is 5.64. The fourth-order valence-corrected chi connectivity index (χ4v) is 3.20. The molecule has 0 saturated carbocycles. The van der Waals surface area contributed by atoms with Crippen LogP contribution in [0.3, 0.4) is 0 Å². The molecule has 1 N–H and O–H groups in total. The number of benzene rings is 1. The number of anilines is 1. The Morgan fingerprint density at radius 3 is 2.50 bits per heavy atom. The van der Waals surface area contributed by atoms with E-state index in [1.807, 2.05) is 12.3 Å². The quantitative estimate of drug-likeness (QED) is 0.649. The van der Waals surface area contributed by atoms with Gasteiger partial charge < -0.3 is 5.32 Å². The Bertz CT molecular complexity index is 612. The summed E-state index contributed by atoms with van der Waals surface area (Å²) in [6, 6.07) is 5.42. The SMILES string of the molecule is CC(Nc1cc(Br)cc(C(F)(F)F)c1)c1csc(Cl)c1. The maximum absolute atomic E-state index is 12.7. The molecule has 108 valence electrons. The highest BCUT2D eigenvalue weighted by atomic mass is 79.9. The van der Waals surface area contributed by atoms with E-state index < -0.39 is 11.7 Å². The number of halogens is 5. The number of nitrogens with one attached hydrogen (secondary N) is 1. The molecule has 2 aromatic rings. The summed E-state index contributed by atoms with van der Waals surface area (Å²) in [7, 11) is 0. The molecule has 7 heteroatoms. The third-order valence-electron chi connectivity index (χ3n) is 2.70. The molecule has 20 heavy (non-hydrogen) atoms. The van der Waals surface area contributed by atoms with Gasteiger partial charge in [-0.15, -0.1) is 11.3 Å². The standard InChI is InChI=1S/C13H10BrClF3NS/c1-7(8-2-12(15)20-6-8)19-11-4-9(13(16,17)18)3-10(14)5-11/h2-7,19H,1H3. The van der Waals surface area contributed by atoms with Crippen LogP contribution in [-0.4, -0.2) is 0 Å². The second-order valence-corrected chi connectivity index (χ2v) is 6.73. The number of rotatable bonds is 3. The van der Waals surface area contributed by atoms with Crippen LogP contribution in [0.1, 0.15) is 24.1 Å². The number of alkyl halides is 3. The van der Waals surface area contributed by atoms with E-state index in [0.29, 0.717) is 14.5 Å². The van der Waals surface area contributed by atoms with Crippen LogP contribution in [0.4, 0.5) is 18.9 Å². The molecule has 1 unspecified atom stereocenters. The molecule has 0 aliphatic carbocycles. The highest BCUT2D eigenvalue weighted by molar-refractivity contribution is 9.10. The third kappa shape index (κ3) is 3.90. The molecule has 0 amide bonds. The predicted molar refractivity (Wildman–Crippen MR) is 80.5 cm³/mol. The van der Waals surface area contributed by atoms with E-state index in [0.717, 1.165) is 17.7 Å². The third-order valence-corrected chi connectivity index (χ3v) is 4.26. The van der Waals surface area contributed by atoms with Gasteiger partial charge in [0, 0.05) is 16.2 Å². The Labute approximate surface area is 131 Å². The average Bonchev–Trinajstić information content (AvgIpc) is 2.74. The fraction of sp³-hybridized carbons (Fsp3) is 0.231. The Hall–Kier alpha value is -0.720. The zero-order chi connectivity index (χ0) is 14.9. The van der Waals surface area contributed by atoms with Crippen molar-refractivity contribution in [3.8, 4) is 0 Å². The van der Waals surface area contributed by atoms with E-state index in [2.05, 4.69) is 21.2 Å². The Morgan fingerprint density at radius 1 is 1.25 bits per heavy atom. The van der Waals surface area contributed by atoms with E-state index in [1.54, 1.807) is 12.1 Å². The van der Waals surface area contributed by atoms with E-state index in [1.165, 1.54) is 11.3 Å². The second kappa shape index (κ2) is 5.95. The first-order valence-corrected chi connectivity index (χ1v) is 7.69. The van der Waals surface area contributed by atoms with Gasteiger partial charge in [0.05, 0.1) is 9.90 Å². The summed E-state index contributed by atoms with van der Waals surface area (Å²) < 4.78 is 39.3.